The summed E-state index contributed by atoms with van der Waals surface area (Å²) in [6.07, 6.45) is -0.362. The van der Waals surface area contributed by atoms with Crippen molar-refractivity contribution in [3.05, 3.63) is 70.3 Å². The van der Waals surface area contributed by atoms with Gasteiger partial charge in [-0.15, -0.1) is 10.2 Å². The van der Waals surface area contributed by atoms with E-state index in [0.717, 1.165) is 10.9 Å². The number of fused-ring (bicyclic) bond motifs is 2. The fraction of sp³-hybridized carbons (Fsp3) is 0.190. The van der Waals surface area contributed by atoms with Crippen molar-refractivity contribution in [1.29, 1.82) is 0 Å². The molecule has 0 amide bonds. The van der Waals surface area contributed by atoms with E-state index in [4.69, 9.17) is 13.9 Å². The molecule has 1 atom stereocenters. The molecule has 0 saturated carbocycles. The van der Waals surface area contributed by atoms with Crippen LogP contribution in [0.15, 0.2) is 62.9 Å². The Bertz CT molecular complexity index is 1300. The van der Waals surface area contributed by atoms with Crippen molar-refractivity contribution >= 4 is 22.7 Å². The molecule has 8 nitrogen and oxygen atoms in total. The molecule has 2 aromatic heterocycles. The Balaban J connectivity index is 1.37. The SMILES string of the molecule is Cn1c(SCc2cc(=O)oc3cc(O)ccc23)nnc1C1COc2ccccc2O1. The van der Waals surface area contributed by atoms with E-state index in [1.165, 1.54) is 23.9 Å². The van der Waals surface area contributed by atoms with Crippen molar-refractivity contribution < 1.29 is 19.0 Å². The first-order valence-corrected chi connectivity index (χ1v) is 10.2. The number of para-hydroxylation sites is 2. The van der Waals surface area contributed by atoms with Crippen molar-refractivity contribution in [2.24, 2.45) is 7.05 Å². The number of hydrogen-bond donors (Lipinski definition) is 1. The van der Waals surface area contributed by atoms with Gasteiger partial charge >= 0.3 is 5.63 Å². The molecule has 0 saturated heterocycles. The first-order valence-electron chi connectivity index (χ1n) is 9.25. The third-order valence-electron chi connectivity index (χ3n) is 4.84. The highest BCUT2D eigenvalue weighted by Gasteiger charge is 2.27. The molecule has 4 aromatic rings. The summed E-state index contributed by atoms with van der Waals surface area (Å²) in [5.74, 6) is 2.59. The first-order chi connectivity index (χ1) is 14.6. The van der Waals surface area contributed by atoms with Crippen molar-refractivity contribution in [1.82, 2.24) is 14.8 Å². The average Bonchev–Trinajstić information content (AvgIpc) is 3.11. The normalized spacial score (nSPS) is 15.4. The Kier molecular flexibility index (Phi) is 4.59. The third kappa shape index (κ3) is 3.37. The van der Waals surface area contributed by atoms with Gasteiger partial charge in [-0.1, -0.05) is 23.9 Å². The van der Waals surface area contributed by atoms with Crippen LogP contribution in [0.4, 0.5) is 0 Å². The van der Waals surface area contributed by atoms with Gasteiger partial charge in [-0.05, 0) is 29.8 Å². The average molecular weight is 423 g/mol. The molecule has 0 spiro atoms. The monoisotopic (exact) mass is 423 g/mol. The summed E-state index contributed by atoms with van der Waals surface area (Å²) in [5.41, 5.74) is 0.680. The Hall–Kier alpha value is -3.46. The molecule has 152 valence electrons. The van der Waals surface area contributed by atoms with Gasteiger partial charge in [0.2, 0.25) is 0 Å². The number of phenols is 1. The summed E-state index contributed by atoms with van der Waals surface area (Å²) >= 11 is 1.45. The molecule has 1 aliphatic rings. The van der Waals surface area contributed by atoms with Gasteiger partial charge in [-0.2, -0.15) is 0 Å². The quantitative estimate of drug-likeness (QED) is 0.394. The minimum atomic E-state index is -0.464. The van der Waals surface area contributed by atoms with Crippen LogP contribution in [-0.2, 0) is 12.8 Å². The molecule has 0 fully saturated rings. The van der Waals surface area contributed by atoms with Crippen LogP contribution in [0.2, 0.25) is 0 Å². The van der Waals surface area contributed by atoms with E-state index in [2.05, 4.69) is 10.2 Å². The van der Waals surface area contributed by atoms with Gasteiger partial charge in [0.15, 0.2) is 28.6 Å². The van der Waals surface area contributed by atoms with Gasteiger partial charge in [-0.3, -0.25) is 0 Å². The zero-order chi connectivity index (χ0) is 20.7. The van der Waals surface area contributed by atoms with Crippen LogP contribution in [0.1, 0.15) is 17.5 Å². The third-order valence-corrected chi connectivity index (χ3v) is 5.90. The van der Waals surface area contributed by atoms with E-state index in [-0.39, 0.29) is 11.9 Å². The summed E-state index contributed by atoms with van der Waals surface area (Å²) < 4.78 is 18.9. The van der Waals surface area contributed by atoms with Crippen LogP contribution in [0.3, 0.4) is 0 Å². The van der Waals surface area contributed by atoms with Crippen LogP contribution >= 0.6 is 11.8 Å². The van der Waals surface area contributed by atoms with Gasteiger partial charge in [0.1, 0.15) is 17.9 Å². The van der Waals surface area contributed by atoms with Crippen LogP contribution in [0, 0.1) is 0 Å². The largest absolute Gasteiger partial charge is 0.508 e. The van der Waals surface area contributed by atoms with E-state index in [1.54, 1.807) is 12.1 Å². The van der Waals surface area contributed by atoms with Gasteiger partial charge in [-0.25, -0.2) is 4.79 Å². The Morgan fingerprint density at radius 1 is 1.17 bits per heavy atom. The molecular formula is C21H17N3O5S. The summed E-state index contributed by atoms with van der Waals surface area (Å²) in [6.45, 7) is 0.349. The summed E-state index contributed by atoms with van der Waals surface area (Å²) in [6, 6.07) is 13.7. The number of rotatable bonds is 4. The zero-order valence-electron chi connectivity index (χ0n) is 15.9. The van der Waals surface area contributed by atoms with E-state index in [0.29, 0.717) is 40.4 Å². The maximum atomic E-state index is 11.9. The van der Waals surface area contributed by atoms with E-state index in [9.17, 15) is 9.90 Å². The molecule has 30 heavy (non-hydrogen) atoms. The number of aromatic hydroxyl groups is 1. The summed E-state index contributed by atoms with van der Waals surface area (Å²) in [4.78, 5) is 11.9. The van der Waals surface area contributed by atoms with E-state index < -0.39 is 5.63 Å². The number of hydrogen-bond acceptors (Lipinski definition) is 8. The van der Waals surface area contributed by atoms with Crippen molar-refractivity contribution in [2.45, 2.75) is 17.0 Å². The summed E-state index contributed by atoms with van der Waals surface area (Å²) in [7, 11) is 1.87. The molecule has 0 bridgehead atoms. The smallest absolute Gasteiger partial charge is 0.336 e. The number of thioether (sulfide) groups is 1. The predicted octanol–water partition coefficient (Wildman–Crippen LogP) is 3.43. The van der Waals surface area contributed by atoms with Gasteiger partial charge in [0.05, 0.1) is 0 Å². The fourth-order valence-corrected chi connectivity index (χ4v) is 4.27. The highest BCUT2D eigenvalue weighted by Crippen LogP contribution is 2.36. The first kappa shape index (κ1) is 18.6. The maximum absolute atomic E-state index is 11.9. The molecule has 1 unspecified atom stereocenters. The van der Waals surface area contributed by atoms with Crippen LogP contribution < -0.4 is 15.1 Å². The van der Waals surface area contributed by atoms with Crippen molar-refractivity contribution in [2.75, 3.05) is 6.61 Å². The lowest BCUT2D eigenvalue weighted by atomic mass is 10.1. The second kappa shape index (κ2) is 7.42. The Morgan fingerprint density at radius 3 is 2.87 bits per heavy atom. The number of benzene rings is 2. The summed E-state index contributed by atoms with van der Waals surface area (Å²) in [5, 5.41) is 19.7. The second-order valence-electron chi connectivity index (χ2n) is 6.82. The van der Waals surface area contributed by atoms with Crippen LogP contribution in [-0.4, -0.2) is 26.5 Å². The minimum absolute atomic E-state index is 0.0460. The highest BCUT2D eigenvalue weighted by atomic mass is 32.2. The molecule has 2 aromatic carbocycles. The lowest BCUT2D eigenvalue weighted by Crippen LogP contribution is -2.24. The van der Waals surface area contributed by atoms with Crippen LogP contribution in [0.5, 0.6) is 17.2 Å². The number of ether oxygens (including phenoxy) is 2. The van der Waals surface area contributed by atoms with Crippen LogP contribution in [0.25, 0.3) is 11.0 Å². The van der Waals surface area contributed by atoms with Gasteiger partial charge in [0.25, 0.3) is 0 Å². The predicted molar refractivity (Wildman–Crippen MR) is 110 cm³/mol. The highest BCUT2D eigenvalue weighted by molar-refractivity contribution is 7.98. The molecule has 0 radical (unpaired) electrons. The van der Waals surface area contributed by atoms with Gasteiger partial charge in [0, 0.05) is 30.3 Å². The number of aromatic nitrogens is 3. The zero-order valence-corrected chi connectivity index (χ0v) is 16.8. The molecule has 1 aliphatic heterocycles. The Morgan fingerprint density at radius 2 is 2.00 bits per heavy atom. The van der Waals surface area contributed by atoms with Crippen molar-refractivity contribution in [3.8, 4) is 17.2 Å². The molecule has 1 N–H and O–H groups in total. The molecular weight excluding hydrogens is 406 g/mol. The van der Waals surface area contributed by atoms with Gasteiger partial charge < -0.3 is 23.6 Å². The molecule has 9 heteroatoms. The van der Waals surface area contributed by atoms with E-state index >= 15 is 0 Å². The molecule has 3 heterocycles. The molecule has 5 rings (SSSR count). The second-order valence-corrected chi connectivity index (χ2v) is 7.77. The maximum Gasteiger partial charge on any atom is 0.336 e. The molecule has 0 aliphatic carbocycles. The lowest BCUT2D eigenvalue weighted by Gasteiger charge is -2.25. The topological polar surface area (TPSA) is 99.6 Å². The van der Waals surface area contributed by atoms with E-state index in [1.807, 2.05) is 35.9 Å². The Labute approximate surface area is 175 Å². The number of phenolic OH excluding ortho intramolecular Hbond substituents is 1. The standard InChI is InChI=1S/C21H17N3O5S/c1-24-20(18-10-27-15-4-2-3-5-16(15)28-18)22-23-21(24)30-11-12-8-19(26)29-17-9-13(25)6-7-14(12)17/h2-9,18,25H,10-11H2,1H3. The fourth-order valence-electron chi connectivity index (χ4n) is 3.36. The van der Waals surface area contributed by atoms with Crippen molar-refractivity contribution in [3.63, 3.8) is 0 Å². The lowest BCUT2D eigenvalue weighted by molar-refractivity contribution is 0.0825. The number of nitrogens with zero attached hydrogens (tertiary/aromatic N) is 3. The minimum Gasteiger partial charge on any atom is -0.508 e.